The highest BCUT2D eigenvalue weighted by molar-refractivity contribution is 7.91. The number of benzene rings is 2. The Hall–Kier alpha value is -2.87. The van der Waals surface area contributed by atoms with Crippen molar-refractivity contribution in [2.24, 2.45) is 4.99 Å². The first-order chi connectivity index (χ1) is 11.9. The Morgan fingerprint density at radius 2 is 1.64 bits per heavy atom. The Balaban J connectivity index is 1.82. The zero-order valence-corrected chi connectivity index (χ0v) is 13.4. The van der Waals surface area contributed by atoms with E-state index in [1.165, 1.54) is 18.2 Å². The first-order valence-electron chi connectivity index (χ1n) is 7.08. The van der Waals surface area contributed by atoms with Crippen LogP contribution >= 0.6 is 0 Å². The molecule has 8 heteroatoms. The third-order valence-corrected chi connectivity index (χ3v) is 4.78. The lowest BCUT2D eigenvalue weighted by Gasteiger charge is -2.04. The molecule has 5 nitrogen and oxygen atoms in total. The number of halogens is 2. The molecule has 3 rings (SSSR count). The highest BCUT2D eigenvalue weighted by atomic mass is 32.2. The molecule has 0 saturated heterocycles. The molecule has 128 valence electrons. The summed E-state index contributed by atoms with van der Waals surface area (Å²) in [7, 11) is -4.65. The molecule has 1 heterocycles. The van der Waals surface area contributed by atoms with Crippen LogP contribution in [0.15, 0.2) is 70.2 Å². The minimum absolute atomic E-state index is 0.0386. The Morgan fingerprint density at radius 1 is 1.00 bits per heavy atom. The number of rotatable bonds is 4. The molecule has 0 radical (unpaired) electrons. The molecule has 1 amide bonds. The van der Waals surface area contributed by atoms with Gasteiger partial charge in [-0.1, -0.05) is 30.3 Å². The normalized spacial score (nSPS) is 16.2. The van der Waals surface area contributed by atoms with Crippen LogP contribution in [0.25, 0.3) is 6.08 Å². The third kappa shape index (κ3) is 3.48. The molecule has 0 aliphatic carbocycles. The Kier molecular flexibility index (Phi) is 4.45. The predicted octanol–water partition coefficient (Wildman–Crippen LogP) is 3.03. The molecular weight excluding hydrogens is 352 g/mol. The summed E-state index contributed by atoms with van der Waals surface area (Å²) in [5, 5.41) is 0. The Morgan fingerprint density at radius 3 is 2.24 bits per heavy atom. The number of hydrogen-bond donors (Lipinski definition) is 0. The van der Waals surface area contributed by atoms with Crippen molar-refractivity contribution in [1.82, 2.24) is 0 Å². The number of nitrogens with zero attached hydrogens (tertiary/aromatic N) is 1. The van der Waals surface area contributed by atoms with E-state index >= 15 is 0 Å². The van der Waals surface area contributed by atoms with Crippen LogP contribution in [0, 0.1) is 0 Å². The molecule has 1 aliphatic heterocycles. The first kappa shape index (κ1) is 17.0. The van der Waals surface area contributed by atoms with E-state index in [0.29, 0.717) is 11.1 Å². The number of amides is 1. The summed E-state index contributed by atoms with van der Waals surface area (Å²) in [6.45, 7) is 0. The number of ether oxygens (including phenoxy) is 1. The Bertz CT molecular complexity index is 965. The number of carbonyl (C=O) groups excluding carboxylic acids is 1. The van der Waals surface area contributed by atoms with Crippen LogP contribution in [0.4, 0.5) is 8.78 Å². The molecule has 0 aromatic heterocycles. The zero-order valence-electron chi connectivity index (χ0n) is 12.6. The first-order valence-corrected chi connectivity index (χ1v) is 8.62. The van der Waals surface area contributed by atoms with Gasteiger partial charge in [-0.05, 0) is 35.9 Å². The fourth-order valence-electron chi connectivity index (χ4n) is 2.12. The lowest BCUT2D eigenvalue weighted by molar-refractivity contribution is -0.115. The third-order valence-electron chi connectivity index (χ3n) is 3.38. The minimum atomic E-state index is -4.65. The maximum Gasteiger partial charge on any atom is 0.341 e. The molecule has 0 saturated carbocycles. The second-order valence-corrected chi connectivity index (χ2v) is 6.99. The fourth-order valence-corrected chi connectivity index (χ4v) is 2.84. The number of aliphatic imine (C=N–C) groups is 1. The fraction of sp³-hybridized carbons (Fsp3) is 0.0588. The minimum Gasteiger partial charge on any atom is -0.432 e. The number of carbonyl (C=O) groups is 1. The van der Waals surface area contributed by atoms with E-state index in [1.807, 2.05) is 6.07 Å². The topological polar surface area (TPSA) is 72.8 Å². The predicted molar refractivity (Wildman–Crippen MR) is 86.7 cm³/mol. The second kappa shape index (κ2) is 6.56. The maximum absolute atomic E-state index is 12.5. The molecule has 25 heavy (non-hydrogen) atoms. The van der Waals surface area contributed by atoms with Crippen molar-refractivity contribution in [2.45, 2.75) is 10.7 Å². The molecule has 0 spiro atoms. The Labute approximate surface area is 142 Å². The summed E-state index contributed by atoms with van der Waals surface area (Å²) in [5.41, 5.74) is 1.05. The standard InChI is InChI=1S/C17H11F2NO4S/c18-17(19)25(22,23)13-8-6-11(7-9-13)10-14-15(21)20-16(24-14)12-4-2-1-3-5-12/h1-10,17H/b14-10-. The van der Waals surface area contributed by atoms with Gasteiger partial charge in [-0.15, -0.1) is 0 Å². The molecule has 2 aromatic rings. The van der Waals surface area contributed by atoms with E-state index in [2.05, 4.69) is 4.99 Å². The molecule has 2 aromatic carbocycles. The molecule has 0 bridgehead atoms. The quantitative estimate of drug-likeness (QED) is 0.783. The zero-order chi connectivity index (χ0) is 18.0. The van der Waals surface area contributed by atoms with Crippen molar-refractivity contribution in [1.29, 1.82) is 0 Å². The molecule has 0 atom stereocenters. The average Bonchev–Trinajstić information content (AvgIpc) is 2.97. The van der Waals surface area contributed by atoms with Gasteiger partial charge < -0.3 is 4.74 Å². The maximum atomic E-state index is 12.5. The molecule has 0 unspecified atom stereocenters. The second-order valence-electron chi connectivity index (χ2n) is 5.07. The van der Waals surface area contributed by atoms with Crippen molar-refractivity contribution in [3.8, 4) is 0 Å². The smallest absolute Gasteiger partial charge is 0.341 e. The number of sulfone groups is 1. The van der Waals surface area contributed by atoms with Crippen LogP contribution in [-0.2, 0) is 19.4 Å². The van der Waals surface area contributed by atoms with Gasteiger partial charge in [0.25, 0.3) is 0 Å². The van der Waals surface area contributed by atoms with Crippen LogP contribution in [0.5, 0.6) is 0 Å². The monoisotopic (exact) mass is 363 g/mol. The van der Waals surface area contributed by atoms with E-state index in [9.17, 15) is 22.0 Å². The summed E-state index contributed by atoms with van der Waals surface area (Å²) in [6.07, 6.45) is 1.36. The number of hydrogen-bond acceptors (Lipinski definition) is 4. The van der Waals surface area contributed by atoms with Gasteiger partial charge in [-0.25, -0.2) is 8.42 Å². The van der Waals surface area contributed by atoms with Gasteiger partial charge in [0, 0.05) is 5.56 Å². The van der Waals surface area contributed by atoms with E-state index in [1.54, 1.807) is 24.3 Å². The summed E-state index contributed by atoms with van der Waals surface area (Å²) in [5.74, 6) is -3.95. The van der Waals surface area contributed by atoms with Gasteiger partial charge >= 0.3 is 11.7 Å². The van der Waals surface area contributed by atoms with Gasteiger partial charge in [0.1, 0.15) is 0 Å². The van der Waals surface area contributed by atoms with Gasteiger partial charge in [-0.3, -0.25) is 4.79 Å². The van der Waals surface area contributed by atoms with Gasteiger partial charge in [-0.2, -0.15) is 13.8 Å². The summed E-state index contributed by atoms with van der Waals surface area (Å²) in [6, 6.07) is 13.5. The van der Waals surface area contributed by atoms with Crippen LogP contribution < -0.4 is 0 Å². The van der Waals surface area contributed by atoms with Crippen molar-refractivity contribution >= 4 is 27.7 Å². The highest BCUT2D eigenvalue weighted by Gasteiger charge is 2.27. The van der Waals surface area contributed by atoms with Crippen LogP contribution in [0.1, 0.15) is 11.1 Å². The largest absolute Gasteiger partial charge is 0.432 e. The lowest BCUT2D eigenvalue weighted by atomic mass is 10.2. The van der Waals surface area contributed by atoms with E-state index < -0.39 is 26.4 Å². The summed E-state index contributed by atoms with van der Waals surface area (Å²) >= 11 is 0. The van der Waals surface area contributed by atoms with Crippen molar-refractivity contribution in [3.63, 3.8) is 0 Å². The van der Waals surface area contributed by atoms with Crippen LogP contribution in [-0.4, -0.2) is 26.0 Å². The lowest BCUT2D eigenvalue weighted by Crippen LogP contribution is -2.11. The average molecular weight is 363 g/mol. The highest BCUT2D eigenvalue weighted by Crippen LogP contribution is 2.22. The summed E-state index contributed by atoms with van der Waals surface area (Å²) < 4.78 is 53.2. The van der Waals surface area contributed by atoms with Crippen LogP contribution in [0.3, 0.4) is 0 Å². The van der Waals surface area contributed by atoms with Gasteiger partial charge in [0.2, 0.25) is 15.7 Å². The van der Waals surface area contributed by atoms with Gasteiger partial charge in [0.05, 0.1) is 4.90 Å². The van der Waals surface area contributed by atoms with E-state index in [0.717, 1.165) is 12.1 Å². The molecule has 0 fully saturated rings. The van der Waals surface area contributed by atoms with E-state index in [4.69, 9.17) is 4.74 Å². The molecule has 1 aliphatic rings. The van der Waals surface area contributed by atoms with Crippen LogP contribution in [0.2, 0.25) is 0 Å². The molecular formula is C17H11F2NO4S. The molecule has 0 N–H and O–H groups in total. The van der Waals surface area contributed by atoms with E-state index in [-0.39, 0.29) is 11.7 Å². The van der Waals surface area contributed by atoms with Crippen molar-refractivity contribution in [2.75, 3.05) is 0 Å². The van der Waals surface area contributed by atoms with Crippen molar-refractivity contribution < 1.29 is 26.7 Å². The number of alkyl halides is 2. The van der Waals surface area contributed by atoms with Gasteiger partial charge in [0.15, 0.2) is 5.76 Å². The summed E-state index contributed by atoms with van der Waals surface area (Å²) in [4.78, 5) is 15.2. The SMILES string of the molecule is O=C1N=C(c2ccccc2)O/C1=C\c1ccc(S(=O)(=O)C(F)F)cc1. The van der Waals surface area contributed by atoms with Crippen molar-refractivity contribution in [3.05, 3.63) is 71.5 Å².